The number of hydrogen-bond acceptors (Lipinski definition) is 3. The van der Waals surface area contributed by atoms with E-state index >= 15 is 0 Å². The van der Waals surface area contributed by atoms with Crippen molar-refractivity contribution >= 4 is 11.6 Å². The average molecular weight is 291 g/mol. The second kappa shape index (κ2) is 7.29. The van der Waals surface area contributed by atoms with Gasteiger partial charge in [-0.1, -0.05) is 42.8 Å². The predicted octanol–water partition coefficient (Wildman–Crippen LogP) is 3.68. The van der Waals surface area contributed by atoms with Crippen molar-refractivity contribution in [3.05, 3.63) is 64.7 Å². The molecule has 2 aromatic rings. The van der Waals surface area contributed by atoms with Crippen molar-refractivity contribution in [3.8, 4) is 5.75 Å². The van der Waals surface area contributed by atoms with Gasteiger partial charge in [-0.25, -0.2) is 5.43 Å². The second-order valence-corrected chi connectivity index (χ2v) is 5.01. The molecule has 106 valence electrons. The highest BCUT2D eigenvalue weighted by Crippen LogP contribution is 2.25. The lowest BCUT2D eigenvalue weighted by Crippen LogP contribution is -2.28. The Balaban J connectivity index is 2.24. The monoisotopic (exact) mass is 290 g/mol. The molecule has 0 aromatic heterocycles. The minimum atomic E-state index is -0.0857. The molecule has 2 rings (SSSR count). The Labute approximate surface area is 124 Å². The van der Waals surface area contributed by atoms with Crippen LogP contribution in [0.1, 0.15) is 30.5 Å². The Kier molecular flexibility index (Phi) is 5.41. The number of hydrogen-bond donors (Lipinski definition) is 2. The first-order chi connectivity index (χ1) is 9.74. The van der Waals surface area contributed by atoms with E-state index in [0.29, 0.717) is 11.6 Å². The molecule has 0 aliphatic heterocycles. The fourth-order valence-corrected chi connectivity index (χ4v) is 2.17. The normalized spacial score (nSPS) is 12.2. The van der Waals surface area contributed by atoms with Crippen LogP contribution in [0.3, 0.4) is 0 Å². The zero-order chi connectivity index (χ0) is 14.4. The fourth-order valence-electron chi connectivity index (χ4n) is 2.04. The van der Waals surface area contributed by atoms with Crippen LogP contribution in [0.25, 0.3) is 0 Å². The Morgan fingerprint density at radius 1 is 1.15 bits per heavy atom. The number of nitrogens with two attached hydrogens (primary N) is 1. The van der Waals surface area contributed by atoms with Gasteiger partial charge in [0.05, 0.1) is 12.6 Å². The Bertz CT molecular complexity index is 542. The van der Waals surface area contributed by atoms with Gasteiger partial charge in [0.1, 0.15) is 5.75 Å². The van der Waals surface area contributed by atoms with Gasteiger partial charge in [0.25, 0.3) is 0 Å². The maximum atomic E-state index is 5.92. The molecule has 2 aromatic carbocycles. The summed E-state index contributed by atoms with van der Waals surface area (Å²) in [5, 5.41) is 0.713. The van der Waals surface area contributed by atoms with Gasteiger partial charge >= 0.3 is 0 Å². The SMILES string of the molecule is CCCOc1cccc(C(NN)c2ccc(Cl)cc2)c1. The van der Waals surface area contributed by atoms with E-state index < -0.39 is 0 Å². The fraction of sp³-hybridized carbons (Fsp3) is 0.250. The number of hydrazine groups is 1. The standard InChI is InChI=1S/C16H19ClN2O/c1-2-10-20-15-5-3-4-13(11-15)16(19-18)12-6-8-14(17)9-7-12/h3-9,11,16,19H,2,10,18H2,1H3. The molecule has 0 bridgehead atoms. The van der Waals surface area contributed by atoms with Gasteiger partial charge in [-0.3, -0.25) is 5.84 Å². The third-order valence-corrected chi connectivity index (χ3v) is 3.29. The molecule has 1 unspecified atom stereocenters. The van der Waals surface area contributed by atoms with Crippen molar-refractivity contribution in [2.24, 2.45) is 5.84 Å². The molecule has 4 heteroatoms. The smallest absolute Gasteiger partial charge is 0.119 e. The van der Waals surface area contributed by atoms with Crippen LogP contribution in [0.4, 0.5) is 0 Å². The molecule has 0 amide bonds. The summed E-state index contributed by atoms with van der Waals surface area (Å²) in [6.07, 6.45) is 0.986. The number of halogens is 1. The van der Waals surface area contributed by atoms with Gasteiger partial charge in [-0.15, -0.1) is 0 Å². The minimum Gasteiger partial charge on any atom is -0.494 e. The Hall–Kier alpha value is -1.55. The zero-order valence-electron chi connectivity index (χ0n) is 11.5. The molecule has 0 spiro atoms. The third-order valence-electron chi connectivity index (χ3n) is 3.03. The molecule has 3 nitrogen and oxygen atoms in total. The van der Waals surface area contributed by atoms with Crippen LogP contribution >= 0.6 is 11.6 Å². The molecular weight excluding hydrogens is 272 g/mol. The van der Waals surface area contributed by atoms with E-state index in [0.717, 1.165) is 23.3 Å². The maximum absolute atomic E-state index is 5.92. The summed E-state index contributed by atoms with van der Waals surface area (Å²) >= 11 is 5.92. The van der Waals surface area contributed by atoms with Crippen molar-refractivity contribution < 1.29 is 4.74 Å². The van der Waals surface area contributed by atoms with Gasteiger partial charge in [0.15, 0.2) is 0 Å². The van der Waals surface area contributed by atoms with Gasteiger partial charge in [0.2, 0.25) is 0 Å². The number of benzene rings is 2. The minimum absolute atomic E-state index is 0.0857. The van der Waals surface area contributed by atoms with E-state index in [4.69, 9.17) is 22.2 Å². The van der Waals surface area contributed by atoms with Gasteiger partial charge in [-0.2, -0.15) is 0 Å². The second-order valence-electron chi connectivity index (χ2n) is 4.57. The van der Waals surface area contributed by atoms with Crippen LogP contribution in [-0.2, 0) is 0 Å². The van der Waals surface area contributed by atoms with Crippen LogP contribution in [0, 0.1) is 0 Å². The first-order valence-electron chi connectivity index (χ1n) is 6.69. The van der Waals surface area contributed by atoms with Crippen molar-refractivity contribution in [1.82, 2.24) is 5.43 Å². The van der Waals surface area contributed by atoms with Crippen molar-refractivity contribution in [2.75, 3.05) is 6.61 Å². The van der Waals surface area contributed by atoms with Crippen LogP contribution < -0.4 is 16.0 Å². The summed E-state index contributed by atoms with van der Waals surface area (Å²) in [6, 6.07) is 15.5. The molecule has 0 aliphatic carbocycles. The van der Waals surface area contributed by atoms with E-state index in [9.17, 15) is 0 Å². The highest BCUT2D eigenvalue weighted by Gasteiger charge is 2.12. The predicted molar refractivity (Wildman–Crippen MR) is 82.8 cm³/mol. The lowest BCUT2D eigenvalue weighted by Gasteiger charge is -2.18. The summed E-state index contributed by atoms with van der Waals surface area (Å²) in [5.41, 5.74) is 4.96. The summed E-state index contributed by atoms with van der Waals surface area (Å²) < 4.78 is 5.66. The summed E-state index contributed by atoms with van der Waals surface area (Å²) in [4.78, 5) is 0. The summed E-state index contributed by atoms with van der Waals surface area (Å²) in [6.45, 7) is 2.80. The maximum Gasteiger partial charge on any atom is 0.119 e. The Morgan fingerprint density at radius 2 is 1.90 bits per heavy atom. The number of rotatable bonds is 6. The summed E-state index contributed by atoms with van der Waals surface area (Å²) in [5.74, 6) is 6.56. The molecule has 1 atom stereocenters. The van der Waals surface area contributed by atoms with Crippen molar-refractivity contribution in [3.63, 3.8) is 0 Å². The molecule has 0 saturated heterocycles. The molecule has 0 fully saturated rings. The third kappa shape index (κ3) is 3.73. The van der Waals surface area contributed by atoms with Gasteiger partial charge in [-0.05, 0) is 41.8 Å². The van der Waals surface area contributed by atoms with Crippen LogP contribution in [0.2, 0.25) is 5.02 Å². The molecule has 0 radical (unpaired) electrons. The topological polar surface area (TPSA) is 47.3 Å². The molecule has 3 N–H and O–H groups in total. The van der Waals surface area contributed by atoms with Crippen LogP contribution in [0.5, 0.6) is 5.75 Å². The first kappa shape index (κ1) is 14.9. The van der Waals surface area contributed by atoms with E-state index in [1.54, 1.807) is 0 Å². The average Bonchev–Trinajstić information content (AvgIpc) is 2.48. The Morgan fingerprint density at radius 3 is 2.55 bits per heavy atom. The quantitative estimate of drug-likeness (QED) is 0.630. The highest BCUT2D eigenvalue weighted by atomic mass is 35.5. The molecule has 0 heterocycles. The van der Waals surface area contributed by atoms with Crippen LogP contribution in [0.15, 0.2) is 48.5 Å². The van der Waals surface area contributed by atoms with Crippen LogP contribution in [-0.4, -0.2) is 6.61 Å². The number of nitrogens with one attached hydrogen (secondary N) is 1. The van der Waals surface area contributed by atoms with E-state index in [2.05, 4.69) is 12.3 Å². The van der Waals surface area contributed by atoms with Gasteiger partial charge < -0.3 is 4.74 Å². The lowest BCUT2D eigenvalue weighted by atomic mass is 9.99. The molecule has 0 saturated carbocycles. The van der Waals surface area contributed by atoms with Crippen molar-refractivity contribution in [1.29, 1.82) is 0 Å². The summed E-state index contributed by atoms with van der Waals surface area (Å²) in [7, 11) is 0. The van der Waals surface area contributed by atoms with Crippen molar-refractivity contribution in [2.45, 2.75) is 19.4 Å². The van der Waals surface area contributed by atoms with E-state index in [-0.39, 0.29) is 6.04 Å². The molecular formula is C16H19ClN2O. The lowest BCUT2D eigenvalue weighted by molar-refractivity contribution is 0.317. The largest absolute Gasteiger partial charge is 0.494 e. The van der Waals surface area contributed by atoms with E-state index in [1.807, 2.05) is 48.5 Å². The van der Waals surface area contributed by atoms with E-state index in [1.165, 1.54) is 0 Å². The highest BCUT2D eigenvalue weighted by molar-refractivity contribution is 6.30. The van der Waals surface area contributed by atoms with Gasteiger partial charge in [0, 0.05) is 5.02 Å². The zero-order valence-corrected chi connectivity index (χ0v) is 12.2. The molecule has 0 aliphatic rings. The first-order valence-corrected chi connectivity index (χ1v) is 7.06. The molecule has 20 heavy (non-hydrogen) atoms. The number of ether oxygens (including phenoxy) is 1.